The van der Waals surface area contributed by atoms with Crippen LogP contribution < -0.4 is 10.6 Å². The van der Waals surface area contributed by atoms with Gasteiger partial charge in [-0.15, -0.1) is 0 Å². The Morgan fingerprint density at radius 3 is 2.52 bits per heavy atom. The van der Waals surface area contributed by atoms with Crippen LogP contribution in [0.1, 0.15) is 39.9 Å². The zero-order chi connectivity index (χ0) is 20.4. The fraction of sp³-hybridized carbons (Fsp3) is 0.261. The summed E-state index contributed by atoms with van der Waals surface area (Å²) in [5.74, 6) is 0.174. The summed E-state index contributed by atoms with van der Waals surface area (Å²) in [7, 11) is 0. The number of anilines is 1. The van der Waals surface area contributed by atoms with Gasteiger partial charge in [0.1, 0.15) is 0 Å². The van der Waals surface area contributed by atoms with E-state index < -0.39 is 0 Å². The Labute approximate surface area is 169 Å². The lowest BCUT2D eigenvalue weighted by atomic mass is 10.1. The number of carbonyl (C=O) groups excluding carboxylic acids is 2. The lowest BCUT2D eigenvalue weighted by Gasteiger charge is -2.08. The maximum atomic E-state index is 12.5. The first kappa shape index (κ1) is 18.9. The molecule has 29 heavy (non-hydrogen) atoms. The van der Waals surface area contributed by atoms with Crippen LogP contribution in [-0.2, 0) is 11.3 Å². The van der Waals surface area contributed by atoms with Crippen molar-refractivity contribution in [2.75, 3.05) is 5.32 Å². The molecule has 1 fully saturated rings. The summed E-state index contributed by atoms with van der Waals surface area (Å²) in [6.45, 7) is 4.54. The lowest BCUT2D eigenvalue weighted by Crippen LogP contribution is -2.23. The molecule has 6 nitrogen and oxygen atoms in total. The van der Waals surface area contributed by atoms with Crippen LogP contribution in [0.5, 0.6) is 0 Å². The van der Waals surface area contributed by atoms with Crippen molar-refractivity contribution in [3.8, 4) is 5.69 Å². The third-order valence-electron chi connectivity index (χ3n) is 5.21. The molecule has 1 aliphatic rings. The van der Waals surface area contributed by atoms with Gasteiger partial charge in [-0.2, -0.15) is 5.10 Å². The van der Waals surface area contributed by atoms with Crippen molar-refractivity contribution in [1.82, 2.24) is 15.1 Å². The third-order valence-corrected chi connectivity index (χ3v) is 5.21. The monoisotopic (exact) mass is 388 g/mol. The van der Waals surface area contributed by atoms with Crippen molar-refractivity contribution >= 4 is 17.5 Å². The minimum atomic E-state index is -0.149. The number of carbonyl (C=O) groups is 2. The predicted octanol–water partition coefficient (Wildman–Crippen LogP) is 3.77. The molecule has 4 rings (SSSR count). The van der Waals surface area contributed by atoms with Gasteiger partial charge in [-0.05, 0) is 74.2 Å². The van der Waals surface area contributed by atoms with Crippen LogP contribution in [0, 0.1) is 19.8 Å². The van der Waals surface area contributed by atoms with Gasteiger partial charge in [0.2, 0.25) is 5.91 Å². The van der Waals surface area contributed by atoms with E-state index in [1.54, 1.807) is 23.0 Å². The molecule has 0 radical (unpaired) electrons. The molecule has 1 heterocycles. The van der Waals surface area contributed by atoms with Crippen LogP contribution in [0.15, 0.2) is 54.9 Å². The molecule has 1 aliphatic carbocycles. The van der Waals surface area contributed by atoms with E-state index in [0.29, 0.717) is 12.1 Å². The van der Waals surface area contributed by atoms with Crippen molar-refractivity contribution < 1.29 is 9.59 Å². The summed E-state index contributed by atoms with van der Waals surface area (Å²) in [6.07, 6.45) is 5.62. The summed E-state index contributed by atoms with van der Waals surface area (Å²) < 4.78 is 1.74. The molecule has 0 aliphatic heterocycles. The Balaban J connectivity index is 1.38. The van der Waals surface area contributed by atoms with Gasteiger partial charge in [0.15, 0.2) is 0 Å². The molecule has 6 heteroatoms. The second-order valence-electron chi connectivity index (χ2n) is 7.59. The van der Waals surface area contributed by atoms with Crippen molar-refractivity contribution in [2.24, 2.45) is 5.92 Å². The third kappa shape index (κ3) is 4.54. The molecule has 0 atom stereocenters. The van der Waals surface area contributed by atoms with E-state index in [1.807, 2.05) is 50.4 Å². The van der Waals surface area contributed by atoms with Gasteiger partial charge in [0.25, 0.3) is 5.91 Å². The molecule has 2 amide bonds. The molecule has 148 valence electrons. The smallest absolute Gasteiger partial charge is 0.255 e. The maximum absolute atomic E-state index is 12.5. The number of benzene rings is 2. The van der Waals surface area contributed by atoms with Gasteiger partial charge in [-0.25, -0.2) is 4.68 Å². The molecule has 1 saturated carbocycles. The maximum Gasteiger partial charge on any atom is 0.255 e. The average molecular weight is 388 g/mol. The number of hydrogen-bond acceptors (Lipinski definition) is 3. The molecule has 0 bridgehead atoms. The minimum Gasteiger partial charge on any atom is -0.352 e. The van der Waals surface area contributed by atoms with Gasteiger partial charge in [0.05, 0.1) is 11.9 Å². The quantitative estimate of drug-likeness (QED) is 0.675. The second-order valence-corrected chi connectivity index (χ2v) is 7.59. The normalized spacial score (nSPS) is 13.2. The SMILES string of the molecule is Cc1ccc(NC(=O)c2ccc(-n3cc(CNC(=O)C4CC4)cn3)cc2)cc1C. The van der Waals surface area contributed by atoms with E-state index in [4.69, 9.17) is 0 Å². The van der Waals surface area contributed by atoms with Crippen molar-refractivity contribution in [3.63, 3.8) is 0 Å². The highest BCUT2D eigenvalue weighted by Crippen LogP contribution is 2.28. The van der Waals surface area contributed by atoms with Crippen molar-refractivity contribution in [3.05, 3.63) is 77.1 Å². The van der Waals surface area contributed by atoms with E-state index in [-0.39, 0.29) is 17.7 Å². The summed E-state index contributed by atoms with van der Waals surface area (Å²) in [6, 6.07) is 13.1. The van der Waals surface area contributed by atoms with Gasteiger partial charge in [-0.1, -0.05) is 6.07 Å². The summed E-state index contributed by atoms with van der Waals surface area (Å²) in [5.41, 5.74) is 5.49. The van der Waals surface area contributed by atoms with Gasteiger partial charge < -0.3 is 10.6 Å². The number of amides is 2. The van der Waals surface area contributed by atoms with Crippen molar-refractivity contribution in [2.45, 2.75) is 33.2 Å². The van der Waals surface area contributed by atoms with E-state index >= 15 is 0 Å². The van der Waals surface area contributed by atoms with Crippen LogP contribution >= 0.6 is 0 Å². The van der Waals surface area contributed by atoms with Crippen LogP contribution in [-0.4, -0.2) is 21.6 Å². The molecule has 2 N–H and O–H groups in total. The van der Waals surface area contributed by atoms with Crippen LogP contribution in [0.4, 0.5) is 5.69 Å². The van der Waals surface area contributed by atoms with E-state index in [2.05, 4.69) is 15.7 Å². The Bertz CT molecular complexity index is 1050. The molecule has 0 unspecified atom stereocenters. The number of hydrogen-bond donors (Lipinski definition) is 2. The fourth-order valence-corrected chi connectivity index (χ4v) is 3.06. The van der Waals surface area contributed by atoms with Gasteiger partial charge >= 0.3 is 0 Å². The van der Waals surface area contributed by atoms with E-state index in [1.165, 1.54) is 5.56 Å². The zero-order valence-electron chi connectivity index (χ0n) is 16.6. The number of nitrogens with zero attached hydrogens (tertiary/aromatic N) is 2. The number of aromatic nitrogens is 2. The number of nitrogens with one attached hydrogen (secondary N) is 2. The van der Waals surface area contributed by atoms with E-state index in [0.717, 1.165) is 35.3 Å². The fourth-order valence-electron chi connectivity index (χ4n) is 3.06. The molecule has 1 aromatic heterocycles. The zero-order valence-corrected chi connectivity index (χ0v) is 16.6. The Hall–Kier alpha value is -3.41. The first-order valence-corrected chi connectivity index (χ1v) is 9.80. The topological polar surface area (TPSA) is 76.0 Å². The molecular weight excluding hydrogens is 364 g/mol. The molecular formula is C23H24N4O2. The number of aryl methyl sites for hydroxylation is 2. The molecule has 2 aromatic carbocycles. The van der Waals surface area contributed by atoms with Crippen LogP contribution in [0.2, 0.25) is 0 Å². The highest BCUT2D eigenvalue weighted by molar-refractivity contribution is 6.04. The van der Waals surface area contributed by atoms with Gasteiger partial charge in [-0.3, -0.25) is 9.59 Å². The van der Waals surface area contributed by atoms with Gasteiger partial charge in [0, 0.05) is 35.5 Å². The number of rotatable bonds is 6. The average Bonchev–Trinajstić information content (AvgIpc) is 3.47. The molecule has 0 spiro atoms. The predicted molar refractivity (Wildman–Crippen MR) is 112 cm³/mol. The summed E-state index contributed by atoms with van der Waals surface area (Å²) in [5, 5.41) is 10.2. The Morgan fingerprint density at radius 2 is 1.83 bits per heavy atom. The summed E-state index contributed by atoms with van der Waals surface area (Å²) >= 11 is 0. The Morgan fingerprint density at radius 1 is 1.07 bits per heavy atom. The largest absolute Gasteiger partial charge is 0.352 e. The van der Waals surface area contributed by atoms with Crippen LogP contribution in [0.3, 0.4) is 0 Å². The minimum absolute atomic E-state index is 0.122. The van der Waals surface area contributed by atoms with Crippen molar-refractivity contribution in [1.29, 1.82) is 0 Å². The molecule has 3 aromatic rings. The van der Waals surface area contributed by atoms with Crippen LogP contribution in [0.25, 0.3) is 5.69 Å². The first-order valence-electron chi connectivity index (χ1n) is 9.80. The highest BCUT2D eigenvalue weighted by atomic mass is 16.2. The van der Waals surface area contributed by atoms with E-state index in [9.17, 15) is 9.59 Å². The lowest BCUT2D eigenvalue weighted by molar-refractivity contribution is -0.122. The summed E-state index contributed by atoms with van der Waals surface area (Å²) in [4.78, 5) is 24.2. The Kier molecular flexibility index (Phi) is 5.16. The standard InChI is InChI=1S/C23H24N4O2/c1-15-3-8-20(11-16(15)2)26-23(29)19-6-9-21(10-7-19)27-14-17(13-25-27)12-24-22(28)18-4-5-18/h3,6-11,13-14,18H,4-5,12H2,1-2H3,(H,24,28)(H,26,29). The molecule has 0 saturated heterocycles. The second kappa shape index (κ2) is 7.91. The highest BCUT2D eigenvalue weighted by Gasteiger charge is 2.29. The first-order chi connectivity index (χ1) is 14.0.